The molecular formula is C19H18BrN3O. The van der Waals surface area contributed by atoms with E-state index in [1.54, 1.807) is 0 Å². The number of benzene rings is 2. The molecule has 1 unspecified atom stereocenters. The molecule has 24 heavy (non-hydrogen) atoms. The van der Waals surface area contributed by atoms with E-state index in [0.29, 0.717) is 0 Å². The lowest BCUT2D eigenvalue weighted by molar-refractivity contribution is -0.117. The predicted octanol–water partition coefficient (Wildman–Crippen LogP) is 4.45. The number of nitrogens with one attached hydrogen (secondary N) is 2. The van der Waals surface area contributed by atoms with Crippen molar-refractivity contribution in [3.05, 3.63) is 75.9 Å². The average Bonchev–Trinajstić information content (AvgIpc) is 2.59. The van der Waals surface area contributed by atoms with Crippen LogP contribution >= 0.6 is 15.9 Å². The summed E-state index contributed by atoms with van der Waals surface area (Å²) in [5, 5.41) is 15.0. The highest BCUT2D eigenvalue weighted by Crippen LogP contribution is 2.20. The maximum atomic E-state index is 12.3. The first-order valence-corrected chi connectivity index (χ1v) is 8.29. The summed E-state index contributed by atoms with van der Waals surface area (Å²) in [6.07, 6.45) is 1.43. The fourth-order valence-electron chi connectivity index (χ4n) is 2.14. The van der Waals surface area contributed by atoms with Crippen LogP contribution in [0.25, 0.3) is 0 Å². The minimum absolute atomic E-state index is 0.0263. The van der Waals surface area contributed by atoms with Crippen molar-refractivity contribution in [1.29, 1.82) is 5.26 Å². The minimum Gasteiger partial charge on any atom is -0.360 e. The summed E-state index contributed by atoms with van der Waals surface area (Å²) in [4.78, 5) is 12.3. The Labute approximate surface area is 150 Å². The van der Waals surface area contributed by atoms with Gasteiger partial charge in [0, 0.05) is 16.4 Å². The molecule has 0 aliphatic heterocycles. The molecule has 2 N–H and O–H groups in total. The van der Waals surface area contributed by atoms with Crippen LogP contribution in [-0.4, -0.2) is 5.91 Å². The van der Waals surface area contributed by atoms with Gasteiger partial charge in [-0.25, -0.2) is 0 Å². The number of rotatable bonds is 5. The van der Waals surface area contributed by atoms with Crippen LogP contribution in [0.5, 0.6) is 0 Å². The maximum Gasteiger partial charge on any atom is 0.263 e. The van der Waals surface area contributed by atoms with Gasteiger partial charge < -0.3 is 10.6 Å². The van der Waals surface area contributed by atoms with E-state index in [9.17, 15) is 10.1 Å². The van der Waals surface area contributed by atoms with Gasteiger partial charge in [-0.2, -0.15) is 5.26 Å². The summed E-state index contributed by atoms with van der Waals surface area (Å²) in [6.45, 7) is 3.85. The topological polar surface area (TPSA) is 64.9 Å². The van der Waals surface area contributed by atoms with Gasteiger partial charge in [0.2, 0.25) is 0 Å². The summed E-state index contributed by atoms with van der Waals surface area (Å²) >= 11 is 3.44. The molecule has 0 bridgehead atoms. The summed E-state index contributed by atoms with van der Waals surface area (Å²) in [5.41, 5.74) is 2.89. The average molecular weight is 384 g/mol. The van der Waals surface area contributed by atoms with Crippen molar-refractivity contribution >= 4 is 27.5 Å². The van der Waals surface area contributed by atoms with Gasteiger partial charge >= 0.3 is 0 Å². The summed E-state index contributed by atoms with van der Waals surface area (Å²) in [5.74, 6) is -0.407. The van der Waals surface area contributed by atoms with Gasteiger partial charge in [-0.15, -0.1) is 0 Å². The second-order valence-electron chi connectivity index (χ2n) is 5.38. The van der Waals surface area contributed by atoms with Crippen LogP contribution in [0.3, 0.4) is 0 Å². The largest absolute Gasteiger partial charge is 0.360 e. The number of nitriles is 1. The quantitative estimate of drug-likeness (QED) is 0.591. The Kier molecular flexibility index (Phi) is 6.16. The highest BCUT2D eigenvalue weighted by molar-refractivity contribution is 9.10. The van der Waals surface area contributed by atoms with E-state index in [1.165, 1.54) is 6.20 Å². The normalized spacial score (nSPS) is 12.2. The molecule has 0 saturated heterocycles. The third kappa shape index (κ3) is 4.71. The zero-order valence-corrected chi connectivity index (χ0v) is 15.1. The Morgan fingerprint density at radius 1 is 1.25 bits per heavy atom. The number of nitrogens with zero attached hydrogens (tertiary/aromatic N) is 1. The zero-order valence-electron chi connectivity index (χ0n) is 13.5. The van der Waals surface area contributed by atoms with Gasteiger partial charge in [-0.05, 0) is 43.2 Å². The first-order valence-electron chi connectivity index (χ1n) is 7.50. The lowest BCUT2D eigenvalue weighted by Gasteiger charge is -2.14. The molecule has 5 heteroatoms. The van der Waals surface area contributed by atoms with Crippen molar-refractivity contribution in [2.75, 3.05) is 5.32 Å². The molecule has 0 radical (unpaired) electrons. The van der Waals surface area contributed by atoms with E-state index in [4.69, 9.17) is 0 Å². The summed E-state index contributed by atoms with van der Waals surface area (Å²) < 4.78 is 1.01. The molecule has 2 aromatic rings. The fourth-order valence-corrected chi connectivity index (χ4v) is 2.38. The zero-order chi connectivity index (χ0) is 17.5. The number of halogens is 1. The van der Waals surface area contributed by atoms with Gasteiger partial charge in [-0.3, -0.25) is 4.79 Å². The number of amides is 1. The van der Waals surface area contributed by atoms with Crippen LogP contribution in [-0.2, 0) is 4.79 Å². The highest BCUT2D eigenvalue weighted by Gasteiger charge is 2.13. The Bertz CT molecular complexity index is 794. The van der Waals surface area contributed by atoms with E-state index in [0.717, 1.165) is 21.3 Å². The maximum absolute atomic E-state index is 12.3. The Morgan fingerprint density at radius 2 is 1.96 bits per heavy atom. The van der Waals surface area contributed by atoms with E-state index < -0.39 is 5.91 Å². The lowest BCUT2D eigenvalue weighted by Crippen LogP contribution is -2.28. The number of hydrogen-bond donors (Lipinski definition) is 2. The van der Waals surface area contributed by atoms with Crippen LogP contribution < -0.4 is 10.6 Å². The monoisotopic (exact) mass is 383 g/mol. The molecule has 0 fully saturated rings. The number of carbonyl (C=O) groups excluding carboxylic acids is 1. The van der Waals surface area contributed by atoms with Crippen molar-refractivity contribution in [3.63, 3.8) is 0 Å². The van der Waals surface area contributed by atoms with Crippen LogP contribution in [0.1, 0.15) is 24.1 Å². The van der Waals surface area contributed by atoms with Crippen molar-refractivity contribution in [2.24, 2.45) is 0 Å². The number of hydrogen-bond acceptors (Lipinski definition) is 3. The molecule has 2 rings (SSSR count). The van der Waals surface area contributed by atoms with Crippen molar-refractivity contribution in [2.45, 2.75) is 19.9 Å². The molecule has 0 aliphatic rings. The molecular weight excluding hydrogens is 366 g/mol. The minimum atomic E-state index is -0.407. The second-order valence-corrected chi connectivity index (χ2v) is 6.24. The lowest BCUT2D eigenvalue weighted by atomic mass is 10.1. The molecule has 0 aromatic heterocycles. The summed E-state index contributed by atoms with van der Waals surface area (Å²) in [7, 11) is 0. The van der Waals surface area contributed by atoms with Crippen LogP contribution in [0, 0.1) is 18.3 Å². The molecule has 0 saturated carbocycles. The first kappa shape index (κ1) is 17.8. The smallest absolute Gasteiger partial charge is 0.263 e. The van der Waals surface area contributed by atoms with Gasteiger partial charge in [0.15, 0.2) is 0 Å². The van der Waals surface area contributed by atoms with E-state index in [2.05, 4.69) is 26.6 Å². The second kappa shape index (κ2) is 8.32. The molecule has 1 atom stereocenters. The van der Waals surface area contributed by atoms with Crippen molar-refractivity contribution < 1.29 is 4.79 Å². The summed E-state index contributed by atoms with van der Waals surface area (Å²) in [6, 6.07) is 17.1. The highest BCUT2D eigenvalue weighted by atomic mass is 79.9. The number of carbonyl (C=O) groups is 1. The molecule has 4 nitrogen and oxygen atoms in total. The van der Waals surface area contributed by atoms with Gasteiger partial charge in [0.05, 0.1) is 6.04 Å². The van der Waals surface area contributed by atoms with Crippen molar-refractivity contribution in [1.82, 2.24) is 5.32 Å². The molecule has 0 spiro atoms. The standard InChI is InChI=1S/C19H18BrN3O/c1-13-10-17(8-9-18(13)20)22-12-16(11-21)19(24)23-14(2)15-6-4-3-5-7-15/h3-10,12,14,22H,1-2H3,(H,23,24)/b16-12-. The number of aryl methyl sites for hydroxylation is 1. The van der Waals surface area contributed by atoms with Crippen LogP contribution in [0.2, 0.25) is 0 Å². The molecule has 2 aromatic carbocycles. The third-order valence-electron chi connectivity index (χ3n) is 3.55. The van der Waals surface area contributed by atoms with Crippen molar-refractivity contribution in [3.8, 4) is 6.07 Å². The fraction of sp³-hybridized carbons (Fsp3) is 0.158. The van der Waals surface area contributed by atoms with Gasteiger partial charge in [0.1, 0.15) is 11.6 Å². The first-order chi connectivity index (χ1) is 11.5. The number of anilines is 1. The van der Waals surface area contributed by atoms with Gasteiger partial charge in [0.25, 0.3) is 5.91 Å². The molecule has 122 valence electrons. The predicted molar refractivity (Wildman–Crippen MR) is 99.2 cm³/mol. The van der Waals surface area contributed by atoms with E-state index in [-0.39, 0.29) is 11.6 Å². The molecule has 0 aliphatic carbocycles. The third-order valence-corrected chi connectivity index (χ3v) is 4.44. The molecule has 1 amide bonds. The Balaban J connectivity index is 2.05. The van der Waals surface area contributed by atoms with Gasteiger partial charge in [-0.1, -0.05) is 46.3 Å². The molecule has 0 heterocycles. The Morgan fingerprint density at radius 3 is 2.58 bits per heavy atom. The van der Waals surface area contributed by atoms with E-state index in [1.807, 2.05) is 68.4 Å². The Hall–Kier alpha value is -2.58. The van der Waals surface area contributed by atoms with E-state index >= 15 is 0 Å². The SMILES string of the molecule is Cc1cc(N/C=C(/C#N)C(=O)NC(C)c2ccccc2)ccc1Br. The van der Waals surface area contributed by atoms with Crippen LogP contribution in [0.4, 0.5) is 5.69 Å². The van der Waals surface area contributed by atoms with Crippen LogP contribution in [0.15, 0.2) is 64.8 Å².